The molecule has 0 atom stereocenters. The van der Waals surface area contributed by atoms with Gasteiger partial charge in [0.2, 0.25) is 0 Å². The van der Waals surface area contributed by atoms with E-state index >= 15 is 0 Å². The van der Waals surface area contributed by atoms with Crippen LogP contribution in [-0.4, -0.2) is 12.1 Å². The van der Waals surface area contributed by atoms with Gasteiger partial charge in [0.25, 0.3) is 5.88 Å². The fourth-order valence-corrected chi connectivity index (χ4v) is 2.36. The number of hydrogen-bond acceptors (Lipinski definition) is 3. The van der Waals surface area contributed by atoms with Crippen LogP contribution in [0.1, 0.15) is 0 Å². The van der Waals surface area contributed by atoms with E-state index in [2.05, 4.69) is 36.8 Å². The van der Waals surface area contributed by atoms with E-state index in [0.29, 0.717) is 20.4 Å². The van der Waals surface area contributed by atoms with Crippen LogP contribution in [0.2, 0.25) is 5.02 Å². The Morgan fingerprint density at radius 1 is 1.16 bits per heavy atom. The number of benzene rings is 1. The van der Waals surface area contributed by atoms with Gasteiger partial charge in [0, 0.05) is 6.20 Å². The zero-order chi connectivity index (χ0) is 14.0. The van der Waals surface area contributed by atoms with E-state index in [1.54, 1.807) is 19.2 Å². The van der Waals surface area contributed by atoms with Crippen LogP contribution in [0.4, 0.5) is 4.39 Å². The lowest BCUT2D eigenvalue weighted by Crippen LogP contribution is -1.94. The van der Waals surface area contributed by atoms with Gasteiger partial charge < -0.3 is 9.47 Å². The highest BCUT2D eigenvalue weighted by molar-refractivity contribution is 9.11. The summed E-state index contributed by atoms with van der Waals surface area (Å²) >= 11 is 12.3. The van der Waals surface area contributed by atoms with E-state index in [0.717, 1.165) is 6.07 Å². The number of methoxy groups -OCH3 is 1. The number of ether oxygens (including phenoxy) is 2. The fourth-order valence-electron chi connectivity index (χ4n) is 1.33. The van der Waals surface area contributed by atoms with Crippen molar-refractivity contribution in [1.82, 2.24) is 4.98 Å². The van der Waals surface area contributed by atoms with Crippen LogP contribution in [0.5, 0.6) is 17.4 Å². The molecule has 2 rings (SSSR count). The first-order chi connectivity index (χ1) is 9.01. The molecule has 100 valence electrons. The largest absolute Gasteiger partial charge is 0.496 e. The van der Waals surface area contributed by atoms with Gasteiger partial charge in [0.05, 0.1) is 21.1 Å². The number of nitrogens with zero attached hydrogens (tertiary/aromatic N) is 1. The molecule has 3 nitrogen and oxygen atoms in total. The molecule has 0 aliphatic heterocycles. The predicted molar refractivity (Wildman–Crippen MR) is 77.7 cm³/mol. The maximum Gasteiger partial charge on any atom is 0.256 e. The fraction of sp³-hybridized carbons (Fsp3) is 0.0833. The van der Waals surface area contributed by atoms with Crippen molar-refractivity contribution in [2.45, 2.75) is 0 Å². The third kappa shape index (κ3) is 3.38. The van der Waals surface area contributed by atoms with Crippen molar-refractivity contribution >= 4 is 43.5 Å². The summed E-state index contributed by atoms with van der Waals surface area (Å²) in [6, 6.07) is 4.49. The van der Waals surface area contributed by atoms with E-state index in [-0.39, 0.29) is 10.9 Å². The molecule has 0 fully saturated rings. The number of pyridine rings is 1. The SMILES string of the molecule is COc1cc(Br)c(Oc2ncc(Cl)cc2F)cc1Br. The smallest absolute Gasteiger partial charge is 0.256 e. The molecular formula is C12H7Br2ClFNO2. The minimum Gasteiger partial charge on any atom is -0.496 e. The van der Waals surface area contributed by atoms with Gasteiger partial charge in [-0.15, -0.1) is 0 Å². The molecule has 0 aliphatic rings. The summed E-state index contributed by atoms with van der Waals surface area (Å²) < 4.78 is 25.4. The molecule has 1 aromatic heterocycles. The van der Waals surface area contributed by atoms with Crippen molar-refractivity contribution in [3.63, 3.8) is 0 Å². The molecule has 7 heteroatoms. The quantitative estimate of drug-likeness (QED) is 0.696. The molecule has 0 N–H and O–H groups in total. The third-order valence-electron chi connectivity index (χ3n) is 2.19. The average Bonchev–Trinajstić information content (AvgIpc) is 2.36. The van der Waals surface area contributed by atoms with Crippen LogP contribution in [0.3, 0.4) is 0 Å². The average molecular weight is 411 g/mol. The first-order valence-electron chi connectivity index (χ1n) is 5.03. The second kappa shape index (κ2) is 6.07. The molecule has 1 heterocycles. The summed E-state index contributed by atoms with van der Waals surface area (Å²) in [6.45, 7) is 0. The number of hydrogen-bond donors (Lipinski definition) is 0. The molecule has 0 radical (unpaired) electrons. The van der Waals surface area contributed by atoms with Crippen LogP contribution >= 0.6 is 43.5 Å². The van der Waals surface area contributed by atoms with Crippen LogP contribution in [0.15, 0.2) is 33.3 Å². The summed E-state index contributed by atoms with van der Waals surface area (Å²) in [5.74, 6) is 0.249. The summed E-state index contributed by atoms with van der Waals surface area (Å²) in [5.41, 5.74) is 0. The molecule has 19 heavy (non-hydrogen) atoms. The highest BCUT2D eigenvalue weighted by Crippen LogP contribution is 2.38. The van der Waals surface area contributed by atoms with Gasteiger partial charge in [0.15, 0.2) is 5.82 Å². The number of halogens is 4. The van der Waals surface area contributed by atoms with Gasteiger partial charge >= 0.3 is 0 Å². The monoisotopic (exact) mass is 409 g/mol. The Hall–Kier alpha value is -0.850. The molecule has 0 unspecified atom stereocenters. The summed E-state index contributed by atoms with van der Waals surface area (Å²) in [7, 11) is 1.55. The van der Waals surface area contributed by atoms with E-state index in [1.807, 2.05) is 0 Å². The Labute approximate surface area is 131 Å². The summed E-state index contributed by atoms with van der Waals surface area (Å²) in [6.07, 6.45) is 1.31. The maximum atomic E-state index is 13.6. The van der Waals surface area contributed by atoms with Crippen molar-refractivity contribution in [3.8, 4) is 17.4 Å². The minimum atomic E-state index is -0.633. The Morgan fingerprint density at radius 2 is 1.79 bits per heavy atom. The van der Waals surface area contributed by atoms with E-state index in [1.165, 1.54) is 6.20 Å². The first kappa shape index (κ1) is 14.6. The lowest BCUT2D eigenvalue weighted by molar-refractivity contribution is 0.403. The Kier molecular flexibility index (Phi) is 4.65. The minimum absolute atomic E-state index is 0.151. The van der Waals surface area contributed by atoms with E-state index in [4.69, 9.17) is 21.1 Å². The Balaban J connectivity index is 2.35. The Bertz CT molecular complexity index is 625. The van der Waals surface area contributed by atoms with Crippen molar-refractivity contribution in [2.24, 2.45) is 0 Å². The normalized spacial score (nSPS) is 10.4. The number of aromatic nitrogens is 1. The summed E-state index contributed by atoms with van der Waals surface area (Å²) in [5, 5.41) is 0.208. The van der Waals surface area contributed by atoms with E-state index in [9.17, 15) is 4.39 Å². The Morgan fingerprint density at radius 3 is 2.42 bits per heavy atom. The highest BCUT2D eigenvalue weighted by atomic mass is 79.9. The predicted octanol–water partition coefficient (Wildman–Crippen LogP) is 5.20. The molecule has 0 saturated carbocycles. The molecule has 1 aromatic carbocycles. The molecule has 0 spiro atoms. The van der Waals surface area contributed by atoms with Crippen LogP contribution in [-0.2, 0) is 0 Å². The zero-order valence-electron chi connectivity index (χ0n) is 9.58. The second-order valence-corrected chi connectivity index (χ2v) is 5.60. The van der Waals surface area contributed by atoms with Crippen molar-refractivity contribution in [1.29, 1.82) is 0 Å². The van der Waals surface area contributed by atoms with Gasteiger partial charge in [-0.1, -0.05) is 11.6 Å². The molecule has 0 bridgehead atoms. The molecule has 0 saturated heterocycles. The first-order valence-corrected chi connectivity index (χ1v) is 6.99. The van der Waals surface area contributed by atoms with Crippen molar-refractivity contribution in [2.75, 3.05) is 7.11 Å². The lowest BCUT2D eigenvalue weighted by Gasteiger charge is -2.10. The topological polar surface area (TPSA) is 31.4 Å². The van der Waals surface area contributed by atoms with E-state index < -0.39 is 5.82 Å². The van der Waals surface area contributed by atoms with Crippen LogP contribution in [0.25, 0.3) is 0 Å². The van der Waals surface area contributed by atoms with Crippen LogP contribution < -0.4 is 9.47 Å². The molecular weight excluding hydrogens is 404 g/mol. The lowest BCUT2D eigenvalue weighted by atomic mass is 10.3. The van der Waals surface area contributed by atoms with Crippen molar-refractivity contribution in [3.05, 3.63) is 44.2 Å². The van der Waals surface area contributed by atoms with Gasteiger partial charge in [-0.25, -0.2) is 9.37 Å². The van der Waals surface area contributed by atoms with Gasteiger partial charge in [-0.05, 0) is 50.1 Å². The molecule has 0 amide bonds. The molecule has 2 aromatic rings. The standard InChI is InChI=1S/C12H7Br2ClFNO2/c1-18-10-3-8(14)11(4-7(10)13)19-12-9(16)2-6(15)5-17-12/h2-5H,1H3. The molecule has 0 aliphatic carbocycles. The maximum absolute atomic E-state index is 13.6. The number of rotatable bonds is 3. The van der Waals surface area contributed by atoms with Crippen molar-refractivity contribution < 1.29 is 13.9 Å². The summed E-state index contributed by atoms with van der Waals surface area (Å²) in [4.78, 5) is 3.79. The highest BCUT2D eigenvalue weighted by Gasteiger charge is 2.12. The van der Waals surface area contributed by atoms with Gasteiger partial charge in [-0.3, -0.25) is 0 Å². The third-order valence-corrected chi connectivity index (χ3v) is 3.63. The van der Waals surface area contributed by atoms with Gasteiger partial charge in [-0.2, -0.15) is 0 Å². The zero-order valence-corrected chi connectivity index (χ0v) is 13.5. The van der Waals surface area contributed by atoms with Gasteiger partial charge in [0.1, 0.15) is 11.5 Å². The van der Waals surface area contributed by atoms with Crippen LogP contribution in [0, 0.1) is 5.82 Å². The second-order valence-electron chi connectivity index (χ2n) is 3.46.